The third kappa shape index (κ3) is 5.14. The maximum absolute atomic E-state index is 12.5. The van der Waals surface area contributed by atoms with Gasteiger partial charge in [0.15, 0.2) is 0 Å². The molecule has 136 valence electrons. The molecule has 26 heavy (non-hydrogen) atoms. The number of carbonyl (C=O) groups excluding carboxylic acids is 1. The van der Waals surface area contributed by atoms with Gasteiger partial charge in [0, 0.05) is 43.4 Å². The Hall–Kier alpha value is -2.22. The third-order valence-corrected chi connectivity index (χ3v) is 4.92. The Labute approximate surface area is 160 Å². The van der Waals surface area contributed by atoms with Crippen LogP contribution in [0.1, 0.15) is 22.9 Å². The van der Waals surface area contributed by atoms with Crippen LogP contribution in [0, 0.1) is 0 Å². The zero-order chi connectivity index (χ0) is 18.4. The minimum Gasteiger partial charge on any atom is -0.377 e. The Morgan fingerprint density at radius 2 is 2.00 bits per heavy atom. The summed E-state index contributed by atoms with van der Waals surface area (Å²) < 4.78 is 7.08. The Morgan fingerprint density at radius 1 is 1.27 bits per heavy atom. The van der Waals surface area contributed by atoms with Crippen LogP contribution in [0.5, 0.6) is 0 Å². The molecule has 6 nitrogen and oxygen atoms in total. The van der Waals surface area contributed by atoms with Gasteiger partial charge < -0.3 is 14.6 Å². The van der Waals surface area contributed by atoms with Gasteiger partial charge in [-0.1, -0.05) is 35.1 Å². The second-order valence-electron chi connectivity index (χ2n) is 5.81. The van der Waals surface area contributed by atoms with Crippen molar-refractivity contribution < 1.29 is 9.53 Å². The molecule has 0 fully saturated rings. The molecular weight excluding hydrogens is 372 g/mol. The molecule has 0 aliphatic carbocycles. The molecule has 3 rings (SSSR count). The first-order valence-corrected chi connectivity index (χ1v) is 9.31. The summed E-state index contributed by atoms with van der Waals surface area (Å²) in [5.74, 6) is -0.0803. The molecule has 1 amide bonds. The third-order valence-electron chi connectivity index (χ3n) is 3.85. The average Bonchev–Trinajstić information content (AvgIpc) is 3.27. The fourth-order valence-corrected chi connectivity index (χ4v) is 3.50. The quantitative estimate of drug-likeness (QED) is 0.632. The molecule has 1 N–H and O–H groups in total. The summed E-state index contributed by atoms with van der Waals surface area (Å²) in [7, 11) is 1.59. The van der Waals surface area contributed by atoms with Crippen LogP contribution in [0.25, 0.3) is 0 Å². The second kappa shape index (κ2) is 8.93. The average molecular weight is 391 g/mol. The van der Waals surface area contributed by atoms with Gasteiger partial charge in [0.1, 0.15) is 11.6 Å². The highest BCUT2D eigenvalue weighted by Crippen LogP contribution is 2.25. The number of carbonyl (C=O) groups is 1. The lowest BCUT2D eigenvalue weighted by Crippen LogP contribution is -2.18. The zero-order valence-corrected chi connectivity index (χ0v) is 15.8. The van der Waals surface area contributed by atoms with Gasteiger partial charge in [0.05, 0.1) is 0 Å². The SMILES string of the molecule is COCc1nnc(NC(=O)C[C@@H](Cn2cccc2)c2ccc(Cl)cc2)s1. The summed E-state index contributed by atoms with van der Waals surface area (Å²) >= 11 is 7.31. The number of ether oxygens (including phenoxy) is 1. The molecule has 2 heterocycles. The van der Waals surface area contributed by atoms with Crippen LogP contribution in [0.15, 0.2) is 48.8 Å². The van der Waals surface area contributed by atoms with E-state index < -0.39 is 0 Å². The highest BCUT2D eigenvalue weighted by Gasteiger charge is 2.18. The Morgan fingerprint density at radius 3 is 2.69 bits per heavy atom. The van der Waals surface area contributed by atoms with Crippen molar-refractivity contribution in [1.82, 2.24) is 14.8 Å². The van der Waals surface area contributed by atoms with Crippen LogP contribution in [0.3, 0.4) is 0 Å². The van der Waals surface area contributed by atoms with Gasteiger partial charge in [-0.2, -0.15) is 0 Å². The summed E-state index contributed by atoms with van der Waals surface area (Å²) in [6, 6.07) is 11.6. The lowest BCUT2D eigenvalue weighted by atomic mass is 9.95. The molecule has 2 aromatic heterocycles. The van der Waals surface area contributed by atoms with Crippen LogP contribution in [-0.4, -0.2) is 27.8 Å². The summed E-state index contributed by atoms with van der Waals surface area (Å²) in [5.41, 5.74) is 1.07. The number of rotatable bonds is 8. The Kier molecular flexibility index (Phi) is 6.38. The molecule has 1 atom stereocenters. The smallest absolute Gasteiger partial charge is 0.226 e. The van der Waals surface area contributed by atoms with E-state index in [-0.39, 0.29) is 11.8 Å². The van der Waals surface area contributed by atoms with Crippen LogP contribution in [0.4, 0.5) is 5.13 Å². The van der Waals surface area contributed by atoms with E-state index in [0.717, 1.165) is 10.6 Å². The normalized spacial score (nSPS) is 12.1. The topological polar surface area (TPSA) is 69.0 Å². The number of nitrogens with one attached hydrogen (secondary N) is 1. The molecule has 0 aliphatic heterocycles. The number of benzene rings is 1. The number of anilines is 1. The standard InChI is InChI=1S/C18H19ClN4O2S/c1-25-12-17-21-22-18(26-17)20-16(24)10-14(11-23-8-2-3-9-23)13-4-6-15(19)7-5-13/h2-9,14H,10-12H2,1H3,(H,20,22,24)/t14-/m0/s1. The second-order valence-corrected chi connectivity index (χ2v) is 7.31. The number of amides is 1. The van der Waals surface area contributed by atoms with Gasteiger partial charge >= 0.3 is 0 Å². The molecule has 3 aromatic rings. The van der Waals surface area contributed by atoms with E-state index in [1.165, 1.54) is 11.3 Å². The monoisotopic (exact) mass is 390 g/mol. The van der Waals surface area contributed by atoms with Crippen molar-refractivity contribution in [1.29, 1.82) is 0 Å². The van der Waals surface area contributed by atoms with E-state index in [1.54, 1.807) is 7.11 Å². The fourth-order valence-electron chi connectivity index (χ4n) is 2.65. The molecule has 0 spiro atoms. The summed E-state index contributed by atoms with van der Waals surface area (Å²) in [5, 5.41) is 12.7. The largest absolute Gasteiger partial charge is 0.377 e. The summed E-state index contributed by atoms with van der Waals surface area (Å²) in [6.45, 7) is 1.08. The summed E-state index contributed by atoms with van der Waals surface area (Å²) in [6.07, 6.45) is 4.31. The van der Waals surface area contributed by atoms with Crippen molar-refractivity contribution >= 4 is 34.0 Å². The predicted molar refractivity (Wildman–Crippen MR) is 102 cm³/mol. The predicted octanol–water partition coefficient (Wildman–Crippen LogP) is 3.95. The van der Waals surface area contributed by atoms with Crippen LogP contribution < -0.4 is 5.32 Å². The van der Waals surface area contributed by atoms with Crippen molar-refractivity contribution in [3.8, 4) is 0 Å². The highest BCUT2D eigenvalue weighted by molar-refractivity contribution is 7.15. The molecule has 0 bridgehead atoms. The molecule has 0 unspecified atom stereocenters. The maximum Gasteiger partial charge on any atom is 0.226 e. The van der Waals surface area contributed by atoms with E-state index in [9.17, 15) is 4.79 Å². The molecular formula is C18H19ClN4O2S. The first-order valence-electron chi connectivity index (χ1n) is 8.11. The van der Waals surface area contributed by atoms with Gasteiger partial charge in [-0.05, 0) is 29.8 Å². The Bertz CT molecular complexity index is 833. The van der Waals surface area contributed by atoms with Gasteiger partial charge in [-0.3, -0.25) is 4.79 Å². The van der Waals surface area contributed by atoms with E-state index in [2.05, 4.69) is 20.1 Å². The number of nitrogens with zero attached hydrogens (tertiary/aromatic N) is 3. The van der Waals surface area contributed by atoms with Crippen molar-refractivity contribution in [2.45, 2.75) is 25.5 Å². The van der Waals surface area contributed by atoms with Crippen molar-refractivity contribution in [2.24, 2.45) is 0 Å². The molecule has 0 radical (unpaired) electrons. The van der Waals surface area contributed by atoms with Crippen LogP contribution >= 0.6 is 22.9 Å². The van der Waals surface area contributed by atoms with E-state index in [4.69, 9.17) is 16.3 Å². The first-order chi connectivity index (χ1) is 12.6. The van der Waals surface area contributed by atoms with Crippen LogP contribution in [0.2, 0.25) is 5.02 Å². The summed E-state index contributed by atoms with van der Waals surface area (Å²) in [4.78, 5) is 12.5. The van der Waals surface area contributed by atoms with Crippen molar-refractivity contribution in [3.05, 3.63) is 64.4 Å². The maximum atomic E-state index is 12.5. The van der Waals surface area contributed by atoms with E-state index in [1.807, 2.05) is 48.8 Å². The molecule has 8 heteroatoms. The number of halogens is 1. The molecule has 0 saturated carbocycles. The van der Waals surface area contributed by atoms with Crippen LogP contribution in [-0.2, 0) is 22.7 Å². The lowest BCUT2D eigenvalue weighted by molar-refractivity contribution is -0.116. The van der Waals surface area contributed by atoms with Gasteiger partial charge in [0.25, 0.3) is 0 Å². The molecule has 1 aromatic carbocycles. The number of hydrogen-bond acceptors (Lipinski definition) is 5. The minimum atomic E-state index is -0.0998. The van der Waals surface area contributed by atoms with Crippen molar-refractivity contribution in [3.63, 3.8) is 0 Å². The number of aromatic nitrogens is 3. The highest BCUT2D eigenvalue weighted by atomic mass is 35.5. The zero-order valence-electron chi connectivity index (χ0n) is 14.3. The van der Waals surface area contributed by atoms with Crippen molar-refractivity contribution in [2.75, 3.05) is 12.4 Å². The molecule has 0 saturated heterocycles. The van der Waals surface area contributed by atoms with Gasteiger partial charge in [-0.15, -0.1) is 10.2 Å². The number of hydrogen-bond donors (Lipinski definition) is 1. The minimum absolute atomic E-state index is 0.0195. The first kappa shape index (κ1) is 18.6. The lowest BCUT2D eigenvalue weighted by Gasteiger charge is -2.18. The van der Waals surface area contributed by atoms with E-state index >= 15 is 0 Å². The Balaban J connectivity index is 1.69. The van der Waals surface area contributed by atoms with Gasteiger partial charge in [0.2, 0.25) is 11.0 Å². The van der Waals surface area contributed by atoms with Gasteiger partial charge in [-0.25, -0.2) is 0 Å². The fraction of sp³-hybridized carbons (Fsp3) is 0.278. The van der Waals surface area contributed by atoms with E-state index in [0.29, 0.717) is 29.7 Å². The molecule has 0 aliphatic rings. The number of methoxy groups -OCH3 is 1.